The Balaban J connectivity index is 2.21. The summed E-state index contributed by atoms with van der Waals surface area (Å²) in [4.78, 5) is 14.6. The van der Waals surface area contributed by atoms with Crippen LogP contribution in [0.1, 0.15) is 28.4 Å². The first-order chi connectivity index (χ1) is 10.5. The maximum absolute atomic E-state index is 12.6. The zero-order valence-corrected chi connectivity index (χ0v) is 13.7. The Bertz CT molecular complexity index is 649. The Morgan fingerprint density at radius 1 is 1.09 bits per heavy atom. The predicted octanol–water partition coefficient (Wildman–Crippen LogP) is 3.71. The second-order valence-corrected chi connectivity index (χ2v) is 5.70. The van der Waals surface area contributed by atoms with Crippen molar-refractivity contribution in [3.05, 3.63) is 65.2 Å². The summed E-state index contributed by atoms with van der Waals surface area (Å²) in [5.74, 6) is 0.721. The highest BCUT2D eigenvalue weighted by Crippen LogP contribution is 2.22. The smallest absolute Gasteiger partial charge is 0.170 e. The van der Waals surface area contributed by atoms with Crippen molar-refractivity contribution in [2.24, 2.45) is 0 Å². The number of ether oxygens (including phenoxy) is 1. The molecule has 0 saturated heterocycles. The Morgan fingerprint density at radius 3 is 2.41 bits per heavy atom. The molecule has 116 valence electrons. The molecule has 0 aliphatic rings. The van der Waals surface area contributed by atoms with Crippen LogP contribution in [0.5, 0.6) is 5.75 Å². The molecule has 2 rings (SSSR count). The van der Waals surface area contributed by atoms with E-state index in [0.717, 1.165) is 11.1 Å². The molecule has 0 aliphatic heterocycles. The molecule has 1 unspecified atom stereocenters. The average molecular weight is 297 g/mol. The Labute approximate surface area is 132 Å². The molecule has 0 spiro atoms. The number of carbonyl (C=O) groups excluding carboxylic acids is 1. The fraction of sp³-hybridized carbons (Fsp3) is 0.316. The van der Waals surface area contributed by atoms with E-state index in [0.29, 0.717) is 17.7 Å². The number of benzene rings is 2. The van der Waals surface area contributed by atoms with Gasteiger partial charge >= 0.3 is 0 Å². The third kappa shape index (κ3) is 3.95. The van der Waals surface area contributed by atoms with Gasteiger partial charge in [0.15, 0.2) is 5.78 Å². The topological polar surface area (TPSA) is 29.5 Å². The summed E-state index contributed by atoms with van der Waals surface area (Å²) in [5.41, 5.74) is 2.83. The normalized spacial score (nSPS) is 12.2. The minimum Gasteiger partial charge on any atom is -0.475 e. The zero-order valence-electron chi connectivity index (χ0n) is 13.7. The third-order valence-electron chi connectivity index (χ3n) is 3.82. The largest absolute Gasteiger partial charge is 0.475 e. The minimum absolute atomic E-state index is 0.0795. The highest BCUT2D eigenvalue weighted by atomic mass is 16.5. The van der Waals surface area contributed by atoms with Gasteiger partial charge in [-0.2, -0.15) is 0 Å². The molecule has 2 aromatic rings. The molecular formula is C19H23NO2. The van der Waals surface area contributed by atoms with Gasteiger partial charge in [0.2, 0.25) is 0 Å². The van der Waals surface area contributed by atoms with Crippen molar-refractivity contribution >= 4 is 5.78 Å². The summed E-state index contributed by atoms with van der Waals surface area (Å²) in [6.07, 6.45) is 0.302. The van der Waals surface area contributed by atoms with Gasteiger partial charge in [-0.15, -0.1) is 0 Å². The number of carbonyl (C=O) groups is 1. The first kappa shape index (κ1) is 16.2. The number of nitrogens with zero attached hydrogens (tertiary/aromatic N) is 1. The Kier molecular flexibility index (Phi) is 5.34. The van der Waals surface area contributed by atoms with Crippen LogP contribution in [-0.4, -0.2) is 31.0 Å². The van der Waals surface area contributed by atoms with E-state index in [1.807, 2.05) is 81.4 Å². The molecule has 3 heteroatoms. The van der Waals surface area contributed by atoms with Gasteiger partial charge < -0.3 is 4.74 Å². The first-order valence-corrected chi connectivity index (χ1v) is 7.49. The summed E-state index contributed by atoms with van der Waals surface area (Å²) in [5, 5.41) is 0. The van der Waals surface area contributed by atoms with Crippen LogP contribution in [0.2, 0.25) is 0 Å². The molecule has 3 nitrogen and oxygen atoms in total. The molecule has 0 aromatic heterocycles. The van der Waals surface area contributed by atoms with Crippen molar-refractivity contribution in [1.29, 1.82) is 0 Å². The molecule has 1 atom stereocenters. The maximum atomic E-state index is 12.6. The second kappa shape index (κ2) is 7.23. The van der Waals surface area contributed by atoms with Gasteiger partial charge in [-0.3, -0.25) is 9.69 Å². The van der Waals surface area contributed by atoms with E-state index in [1.165, 1.54) is 0 Å². The molecule has 0 radical (unpaired) electrons. The molecular weight excluding hydrogens is 274 g/mol. The van der Waals surface area contributed by atoms with Gasteiger partial charge in [-0.05, 0) is 51.2 Å². The van der Waals surface area contributed by atoms with E-state index >= 15 is 0 Å². The number of Topliss-reactive ketones (excluding diaryl/α,β-unsaturated/α-hetero) is 1. The lowest BCUT2D eigenvalue weighted by atomic mass is 9.99. The Hall–Kier alpha value is -2.13. The molecule has 0 aliphatic carbocycles. The molecule has 0 N–H and O–H groups in total. The summed E-state index contributed by atoms with van der Waals surface area (Å²) in [6, 6.07) is 15.4. The van der Waals surface area contributed by atoms with E-state index in [2.05, 4.69) is 0 Å². The van der Waals surface area contributed by atoms with Crippen molar-refractivity contribution < 1.29 is 9.53 Å². The standard InChI is InChI=1S/C19H23NO2/c1-14-9-5-6-10-16(14)13-18(21)17-11-7-8-12-19(17)22-15(2)20(3)4/h5-12,15H,13H2,1-4H3. The van der Waals surface area contributed by atoms with Crippen LogP contribution in [0.3, 0.4) is 0 Å². The molecule has 0 amide bonds. The van der Waals surface area contributed by atoms with Crippen molar-refractivity contribution in [2.75, 3.05) is 14.1 Å². The lowest BCUT2D eigenvalue weighted by molar-refractivity contribution is 0.0786. The van der Waals surface area contributed by atoms with Crippen LogP contribution in [0, 0.1) is 6.92 Å². The lowest BCUT2D eigenvalue weighted by Gasteiger charge is -2.22. The Morgan fingerprint density at radius 2 is 1.73 bits per heavy atom. The number of aryl methyl sites for hydroxylation is 1. The summed E-state index contributed by atoms with van der Waals surface area (Å²) >= 11 is 0. The average Bonchev–Trinajstić information content (AvgIpc) is 2.50. The third-order valence-corrected chi connectivity index (χ3v) is 3.82. The van der Waals surface area contributed by atoms with Crippen LogP contribution in [-0.2, 0) is 6.42 Å². The molecule has 0 heterocycles. The van der Waals surface area contributed by atoms with Gasteiger partial charge in [0, 0.05) is 6.42 Å². The van der Waals surface area contributed by atoms with E-state index in [1.54, 1.807) is 0 Å². The summed E-state index contributed by atoms with van der Waals surface area (Å²) in [7, 11) is 3.89. The van der Waals surface area contributed by atoms with Crippen molar-refractivity contribution in [1.82, 2.24) is 4.90 Å². The summed E-state index contributed by atoms with van der Waals surface area (Å²) in [6.45, 7) is 3.99. The van der Waals surface area contributed by atoms with Crippen LogP contribution < -0.4 is 4.74 Å². The summed E-state index contributed by atoms with van der Waals surface area (Å²) < 4.78 is 5.90. The SMILES string of the molecule is Cc1ccccc1CC(=O)c1ccccc1OC(C)N(C)C. The van der Waals surface area contributed by atoms with Crippen molar-refractivity contribution in [3.63, 3.8) is 0 Å². The number of rotatable bonds is 6. The van der Waals surface area contributed by atoms with Crippen LogP contribution in [0.4, 0.5) is 0 Å². The monoisotopic (exact) mass is 297 g/mol. The maximum Gasteiger partial charge on any atom is 0.170 e. The van der Waals surface area contributed by atoms with Crippen LogP contribution in [0.15, 0.2) is 48.5 Å². The highest BCUT2D eigenvalue weighted by molar-refractivity contribution is 6.00. The van der Waals surface area contributed by atoms with Gasteiger partial charge in [-0.25, -0.2) is 0 Å². The molecule has 0 bridgehead atoms. The van der Waals surface area contributed by atoms with Crippen molar-refractivity contribution in [2.45, 2.75) is 26.5 Å². The molecule has 0 fully saturated rings. The zero-order chi connectivity index (χ0) is 16.1. The van der Waals surface area contributed by atoms with E-state index < -0.39 is 0 Å². The van der Waals surface area contributed by atoms with E-state index in [-0.39, 0.29) is 12.0 Å². The van der Waals surface area contributed by atoms with E-state index in [4.69, 9.17) is 4.74 Å². The quantitative estimate of drug-likeness (QED) is 0.601. The number of ketones is 1. The predicted molar refractivity (Wildman–Crippen MR) is 89.4 cm³/mol. The molecule has 22 heavy (non-hydrogen) atoms. The second-order valence-electron chi connectivity index (χ2n) is 5.70. The number of hydrogen-bond donors (Lipinski definition) is 0. The van der Waals surface area contributed by atoms with Gasteiger partial charge in [0.25, 0.3) is 0 Å². The van der Waals surface area contributed by atoms with E-state index in [9.17, 15) is 4.79 Å². The van der Waals surface area contributed by atoms with Gasteiger partial charge in [-0.1, -0.05) is 36.4 Å². The fourth-order valence-corrected chi connectivity index (χ4v) is 2.17. The highest BCUT2D eigenvalue weighted by Gasteiger charge is 2.16. The lowest BCUT2D eigenvalue weighted by Crippen LogP contribution is -2.30. The number of hydrogen-bond acceptors (Lipinski definition) is 3. The van der Waals surface area contributed by atoms with Crippen molar-refractivity contribution in [3.8, 4) is 5.75 Å². The van der Waals surface area contributed by atoms with Crippen LogP contribution in [0.25, 0.3) is 0 Å². The fourth-order valence-electron chi connectivity index (χ4n) is 2.17. The van der Waals surface area contributed by atoms with Gasteiger partial charge in [0.05, 0.1) is 5.56 Å². The number of para-hydroxylation sites is 1. The molecule has 0 saturated carbocycles. The molecule has 2 aromatic carbocycles. The first-order valence-electron chi connectivity index (χ1n) is 7.49. The minimum atomic E-state index is -0.0904. The van der Waals surface area contributed by atoms with Crippen LogP contribution >= 0.6 is 0 Å². The van der Waals surface area contributed by atoms with Gasteiger partial charge in [0.1, 0.15) is 12.0 Å².